The summed E-state index contributed by atoms with van der Waals surface area (Å²) < 4.78 is 11.3. The Morgan fingerprint density at radius 1 is 1.17 bits per heavy atom. The van der Waals surface area contributed by atoms with Gasteiger partial charge in [-0.15, -0.1) is 0 Å². The lowest BCUT2D eigenvalue weighted by Crippen LogP contribution is -2.21. The molecule has 2 aromatic rings. The van der Waals surface area contributed by atoms with Crippen molar-refractivity contribution in [1.29, 1.82) is 0 Å². The molecule has 0 saturated carbocycles. The van der Waals surface area contributed by atoms with Crippen molar-refractivity contribution >= 4 is 11.6 Å². The summed E-state index contributed by atoms with van der Waals surface area (Å²) >= 11 is 6.25. The second-order valence-electron chi connectivity index (χ2n) is 7.90. The highest BCUT2D eigenvalue weighted by atomic mass is 35.5. The summed E-state index contributed by atoms with van der Waals surface area (Å²) in [6, 6.07) is 12.3. The van der Waals surface area contributed by atoms with Gasteiger partial charge in [0.25, 0.3) is 0 Å². The zero-order valence-corrected chi connectivity index (χ0v) is 18.0. The number of halogens is 1. The number of hydrogen-bond donors (Lipinski definition) is 2. The minimum atomic E-state index is 0.256. The van der Waals surface area contributed by atoms with Gasteiger partial charge in [0.1, 0.15) is 11.5 Å². The van der Waals surface area contributed by atoms with E-state index < -0.39 is 0 Å². The molecule has 3 N–H and O–H groups in total. The summed E-state index contributed by atoms with van der Waals surface area (Å²) in [5.41, 5.74) is 10.2. The first kappa shape index (κ1) is 21.9. The van der Waals surface area contributed by atoms with E-state index in [1.807, 2.05) is 18.2 Å². The fraction of sp³-hybridized carbons (Fsp3) is 0.500. The first-order chi connectivity index (χ1) is 14.1. The molecule has 0 bridgehead atoms. The van der Waals surface area contributed by atoms with Gasteiger partial charge in [-0.3, -0.25) is 0 Å². The number of rotatable bonds is 10. The zero-order chi connectivity index (χ0) is 20.6. The molecular formula is C24H32ClNO3. The van der Waals surface area contributed by atoms with E-state index in [1.165, 1.54) is 16.7 Å². The fourth-order valence-electron chi connectivity index (χ4n) is 4.10. The number of nitrogens with two attached hydrogens (primary N) is 1. The van der Waals surface area contributed by atoms with Gasteiger partial charge in [0.05, 0.1) is 18.7 Å². The molecule has 0 aromatic heterocycles. The van der Waals surface area contributed by atoms with Crippen molar-refractivity contribution in [1.82, 2.24) is 0 Å². The van der Waals surface area contributed by atoms with Gasteiger partial charge in [0.15, 0.2) is 0 Å². The third-order valence-electron chi connectivity index (χ3n) is 5.89. The van der Waals surface area contributed by atoms with E-state index in [4.69, 9.17) is 31.9 Å². The van der Waals surface area contributed by atoms with Crippen LogP contribution in [-0.4, -0.2) is 32.0 Å². The molecule has 29 heavy (non-hydrogen) atoms. The lowest BCUT2D eigenvalue weighted by molar-refractivity contribution is 0.233. The van der Waals surface area contributed by atoms with Crippen molar-refractivity contribution in [2.24, 2.45) is 11.7 Å². The summed E-state index contributed by atoms with van der Waals surface area (Å²) in [6.07, 6.45) is 6.09. The van der Waals surface area contributed by atoms with Crippen LogP contribution in [0, 0.1) is 5.92 Å². The predicted octanol–water partition coefficient (Wildman–Crippen LogP) is 4.74. The molecule has 0 radical (unpaired) electrons. The molecule has 0 saturated heterocycles. The number of aryl methyl sites for hydroxylation is 1. The maximum absolute atomic E-state index is 9.01. The highest BCUT2D eigenvalue weighted by Gasteiger charge is 2.21. The van der Waals surface area contributed by atoms with Crippen molar-refractivity contribution in [3.8, 4) is 11.5 Å². The quantitative estimate of drug-likeness (QED) is 0.548. The Kier molecular flexibility index (Phi) is 8.22. The van der Waals surface area contributed by atoms with Crippen LogP contribution < -0.4 is 15.2 Å². The maximum atomic E-state index is 9.01. The molecule has 0 heterocycles. The predicted molar refractivity (Wildman–Crippen MR) is 118 cm³/mol. The molecule has 0 aliphatic heterocycles. The molecule has 1 aliphatic carbocycles. The van der Waals surface area contributed by atoms with E-state index in [1.54, 1.807) is 7.11 Å². The average molecular weight is 418 g/mol. The summed E-state index contributed by atoms with van der Waals surface area (Å²) in [5, 5.41) is 9.62. The Hall–Kier alpha value is -1.75. The standard InChI is InChI=1S/C24H32ClNO3/c1-28-22-9-10-23(25)24(14-22)29-16-17-5-6-19-13-20(8-7-18(19)12-17)21(15-26)4-2-3-11-27/h7-10,13-14,17,21,27H,2-6,11-12,15-16,26H2,1H3/t17-,21-/m1/s1. The number of fused-ring (bicyclic) bond motifs is 1. The van der Waals surface area contributed by atoms with Crippen molar-refractivity contribution in [3.63, 3.8) is 0 Å². The van der Waals surface area contributed by atoms with E-state index in [-0.39, 0.29) is 6.61 Å². The molecule has 0 unspecified atom stereocenters. The molecular weight excluding hydrogens is 386 g/mol. The van der Waals surface area contributed by atoms with Crippen molar-refractivity contribution in [2.75, 3.05) is 26.9 Å². The Morgan fingerprint density at radius 2 is 2.03 bits per heavy atom. The van der Waals surface area contributed by atoms with Gasteiger partial charge in [-0.05, 0) is 79.3 Å². The van der Waals surface area contributed by atoms with E-state index in [0.717, 1.165) is 44.3 Å². The smallest absolute Gasteiger partial charge is 0.141 e. The monoisotopic (exact) mass is 417 g/mol. The molecule has 5 heteroatoms. The van der Waals surface area contributed by atoms with Crippen LogP contribution in [0.2, 0.25) is 5.02 Å². The van der Waals surface area contributed by atoms with Gasteiger partial charge >= 0.3 is 0 Å². The SMILES string of the molecule is COc1ccc(Cl)c(OC[C@@H]2CCc3cc([C@@H](CN)CCCCO)ccc3C2)c1. The molecule has 2 atom stereocenters. The van der Waals surface area contributed by atoms with E-state index >= 15 is 0 Å². The van der Waals surface area contributed by atoms with Gasteiger partial charge < -0.3 is 20.3 Å². The number of aliphatic hydroxyl groups is 1. The number of aliphatic hydroxyl groups excluding tert-OH is 1. The topological polar surface area (TPSA) is 64.7 Å². The Morgan fingerprint density at radius 3 is 2.79 bits per heavy atom. The molecule has 158 valence electrons. The summed E-state index contributed by atoms with van der Waals surface area (Å²) in [7, 11) is 1.64. The third kappa shape index (κ3) is 5.88. The van der Waals surface area contributed by atoms with Crippen LogP contribution in [0.4, 0.5) is 0 Å². The van der Waals surface area contributed by atoms with Crippen LogP contribution in [0.3, 0.4) is 0 Å². The third-order valence-corrected chi connectivity index (χ3v) is 6.20. The van der Waals surface area contributed by atoms with Crippen LogP contribution in [-0.2, 0) is 12.8 Å². The van der Waals surface area contributed by atoms with E-state index in [0.29, 0.717) is 35.8 Å². The van der Waals surface area contributed by atoms with Gasteiger partial charge in [-0.2, -0.15) is 0 Å². The van der Waals surface area contributed by atoms with E-state index in [2.05, 4.69) is 18.2 Å². The molecule has 0 spiro atoms. The van der Waals surface area contributed by atoms with Gasteiger partial charge in [-0.1, -0.05) is 36.2 Å². The second kappa shape index (κ2) is 10.9. The number of hydrogen-bond acceptors (Lipinski definition) is 4. The van der Waals surface area contributed by atoms with Gasteiger partial charge in [0, 0.05) is 12.7 Å². The highest BCUT2D eigenvalue weighted by molar-refractivity contribution is 6.32. The maximum Gasteiger partial charge on any atom is 0.141 e. The normalized spacial score (nSPS) is 16.9. The summed E-state index contributed by atoms with van der Waals surface area (Å²) in [6.45, 7) is 1.56. The first-order valence-electron chi connectivity index (χ1n) is 10.5. The lowest BCUT2D eigenvalue weighted by Gasteiger charge is -2.26. The minimum Gasteiger partial charge on any atom is -0.497 e. The van der Waals surface area contributed by atoms with Crippen LogP contribution in [0.1, 0.15) is 48.3 Å². The van der Waals surface area contributed by atoms with Crippen LogP contribution >= 0.6 is 11.6 Å². The highest BCUT2D eigenvalue weighted by Crippen LogP contribution is 2.32. The Balaban J connectivity index is 1.60. The number of methoxy groups -OCH3 is 1. The first-order valence-corrected chi connectivity index (χ1v) is 10.9. The second-order valence-corrected chi connectivity index (χ2v) is 8.30. The fourth-order valence-corrected chi connectivity index (χ4v) is 4.27. The zero-order valence-electron chi connectivity index (χ0n) is 17.2. The number of ether oxygens (including phenoxy) is 2. The Labute approximate surface area is 179 Å². The van der Waals surface area contributed by atoms with Gasteiger partial charge in [-0.25, -0.2) is 0 Å². The molecule has 0 fully saturated rings. The summed E-state index contributed by atoms with van der Waals surface area (Å²) in [4.78, 5) is 0. The Bertz CT molecular complexity index is 796. The molecule has 2 aromatic carbocycles. The molecule has 0 amide bonds. The minimum absolute atomic E-state index is 0.256. The average Bonchev–Trinajstić information content (AvgIpc) is 2.76. The summed E-state index contributed by atoms with van der Waals surface area (Å²) in [5.74, 6) is 2.29. The van der Waals surface area contributed by atoms with Crippen LogP contribution in [0.25, 0.3) is 0 Å². The lowest BCUT2D eigenvalue weighted by atomic mass is 9.81. The number of unbranched alkanes of at least 4 members (excludes halogenated alkanes) is 1. The van der Waals surface area contributed by atoms with Crippen molar-refractivity contribution < 1.29 is 14.6 Å². The molecule has 1 aliphatic rings. The van der Waals surface area contributed by atoms with Crippen molar-refractivity contribution in [3.05, 3.63) is 58.1 Å². The van der Waals surface area contributed by atoms with Crippen LogP contribution in [0.15, 0.2) is 36.4 Å². The van der Waals surface area contributed by atoms with E-state index in [9.17, 15) is 0 Å². The molecule has 4 nitrogen and oxygen atoms in total. The van der Waals surface area contributed by atoms with Crippen molar-refractivity contribution in [2.45, 2.75) is 44.4 Å². The largest absolute Gasteiger partial charge is 0.497 e. The number of benzene rings is 2. The molecule has 3 rings (SSSR count). The van der Waals surface area contributed by atoms with Gasteiger partial charge in [0.2, 0.25) is 0 Å². The van der Waals surface area contributed by atoms with Crippen LogP contribution in [0.5, 0.6) is 11.5 Å².